The number of hydrogen-bond acceptors (Lipinski definition) is 3. The fourth-order valence-electron chi connectivity index (χ4n) is 2.62. The second-order valence-corrected chi connectivity index (χ2v) is 4.97. The van der Waals surface area contributed by atoms with Crippen molar-refractivity contribution in [3.8, 4) is 0 Å². The zero-order valence-corrected chi connectivity index (χ0v) is 11.2. The number of nitrogens with zero attached hydrogens (tertiary/aromatic N) is 3. The lowest BCUT2D eigenvalue weighted by molar-refractivity contribution is -0.133. The van der Waals surface area contributed by atoms with E-state index in [-0.39, 0.29) is 5.91 Å². The molecule has 0 radical (unpaired) electrons. The summed E-state index contributed by atoms with van der Waals surface area (Å²) in [6.07, 6.45) is 6.91. The monoisotopic (exact) mass is 250 g/mol. The number of amides is 1. The smallest absolute Gasteiger partial charge is 0.239 e. The Bertz CT molecular complexity index is 413. The Kier molecular flexibility index (Phi) is 4.01. The molecule has 1 aromatic heterocycles. The highest BCUT2D eigenvalue weighted by molar-refractivity contribution is 5.81. The fourth-order valence-corrected chi connectivity index (χ4v) is 2.62. The van der Waals surface area contributed by atoms with Crippen molar-refractivity contribution in [3.05, 3.63) is 18.2 Å². The lowest BCUT2D eigenvalue weighted by Crippen LogP contribution is -2.47. The Morgan fingerprint density at radius 3 is 3.11 bits per heavy atom. The minimum absolute atomic E-state index is 0.0536. The molecule has 1 saturated heterocycles. The van der Waals surface area contributed by atoms with Crippen LogP contribution in [0.5, 0.6) is 0 Å². The molecule has 2 rings (SSSR count). The van der Waals surface area contributed by atoms with Crippen LogP contribution in [0, 0.1) is 0 Å². The van der Waals surface area contributed by atoms with Crippen LogP contribution in [0.25, 0.3) is 0 Å². The van der Waals surface area contributed by atoms with Gasteiger partial charge in [0.25, 0.3) is 0 Å². The van der Waals surface area contributed by atoms with E-state index in [1.807, 2.05) is 17.3 Å². The first-order chi connectivity index (χ1) is 8.63. The molecule has 1 unspecified atom stereocenters. The van der Waals surface area contributed by atoms with Gasteiger partial charge in [-0.15, -0.1) is 0 Å². The van der Waals surface area contributed by atoms with Gasteiger partial charge in [0, 0.05) is 31.9 Å². The molecule has 5 heteroatoms. The number of carbonyl (C=O) groups is 1. The zero-order valence-electron chi connectivity index (χ0n) is 11.2. The molecule has 0 aliphatic carbocycles. The summed E-state index contributed by atoms with van der Waals surface area (Å²) in [6, 6.07) is -0.0592. The Morgan fingerprint density at radius 1 is 1.67 bits per heavy atom. The summed E-state index contributed by atoms with van der Waals surface area (Å²) in [7, 11) is 0. The highest BCUT2D eigenvalue weighted by Crippen LogP contribution is 2.23. The van der Waals surface area contributed by atoms with Crippen LogP contribution in [-0.2, 0) is 11.2 Å². The molecule has 0 bridgehead atoms. The largest absolute Gasteiger partial charge is 0.339 e. The molecular weight excluding hydrogens is 228 g/mol. The van der Waals surface area contributed by atoms with Crippen molar-refractivity contribution in [2.75, 3.05) is 13.1 Å². The van der Waals surface area contributed by atoms with E-state index in [2.05, 4.69) is 16.5 Å². The maximum Gasteiger partial charge on any atom is 0.239 e. The third kappa shape index (κ3) is 2.56. The predicted octanol–water partition coefficient (Wildman–Crippen LogP) is 0.956. The molecular formula is C13H22N4O. The quantitative estimate of drug-likeness (QED) is 0.869. The standard InChI is InChI=1S/C13H22N4O/c1-3-12-15-6-8-17(12)11-5-4-7-16(9-11)13(18)10(2)14/h6,8,10-11H,3-5,7,9,14H2,1-2H3/t10-,11?/m1/s1. The predicted molar refractivity (Wildman–Crippen MR) is 70.1 cm³/mol. The van der Waals surface area contributed by atoms with E-state index in [1.54, 1.807) is 6.92 Å². The van der Waals surface area contributed by atoms with Crippen LogP contribution >= 0.6 is 0 Å². The number of rotatable bonds is 3. The summed E-state index contributed by atoms with van der Waals surface area (Å²) in [6.45, 7) is 5.43. The number of nitrogens with two attached hydrogens (primary N) is 1. The highest BCUT2D eigenvalue weighted by atomic mass is 16.2. The molecule has 0 aromatic carbocycles. The average Bonchev–Trinajstić information content (AvgIpc) is 2.86. The molecule has 0 spiro atoms. The van der Waals surface area contributed by atoms with Crippen molar-refractivity contribution in [2.45, 2.75) is 45.2 Å². The molecule has 0 saturated carbocycles. The lowest BCUT2D eigenvalue weighted by atomic mass is 10.0. The van der Waals surface area contributed by atoms with E-state index in [0.717, 1.165) is 38.2 Å². The summed E-state index contributed by atoms with van der Waals surface area (Å²) in [4.78, 5) is 18.2. The van der Waals surface area contributed by atoms with Gasteiger partial charge in [-0.1, -0.05) is 6.92 Å². The third-order valence-electron chi connectivity index (χ3n) is 3.56. The first kappa shape index (κ1) is 13.1. The lowest BCUT2D eigenvalue weighted by Gasteiger charge is -2.35. The normalized spacial score (nSPS) is 21.9. The topological polar surface area (TPSA) is 64.2 Å². The summed E-state index contributed by atoms with van der Waals surface area (Å²) >= 11 is 0. The minimum atomic E-state index is -0.405. The summed E-state index contributed by atoms with van der Waals surface area (Å²) < 4.78 is 2.21. The van der Waals surface area contributed by atoms with Crippen molar-refractivity contribution in [3.63, 3.8) is 0 Å². The Labute approximate surface area is 108 Å². The van der Waals surface area contributed by atoms with Crippen LogP contribution in [0.1, 0.15) is 38.6 Å². The molecule has 2 N–H and O–H groups in total. The van der Waals surface area contributed by atoms with E-state index in [1.165, 1.54) is 0 Å². The van der Waals surface area contributed by atoms with Crippen LogP contribution < -0.4 is 5.73 Å². The second-order valence-electron chi connectivity index (χ2n) is 4.97. The van der Waals surface area contributed by atoms with Crippen LogP contribution in [0.3, 0.4) is 0 Å². The number of piperidine rings is 1. The average molecular weight is 250 g/mol. The first-order valence-corrected chi connectivity index (χ1v) is 6.69. The fraction of sp³-hybridized carbons (Fsp3) is 0.692. The van der Waals surface area contributed by atoms with E-state index in [0.29, 0.717) is 6.04 Å². The summed E-state index contributed by atoms with van der Waals surface area (Å²) in [5.74, 6) is 1.15. The Hall–Kier alpha value is -1.36. The maximum absolute atomic E-state index is 11.9. The number of hydrogen-bond donors (Lipinski definition) is 1. The molecule has 2 atom stereocenters. The van der Waals surface area contributed by atoms with E-state index in [4.69, 9.17) is 5.73 Å². The maximum atomic E-state index is 11.9. The van der Waals surface area contributed by atoms with Crippen molar-refractivity contribution in [1.82, 2.24) is 14.5 Å². The van der Waals surface area contributed by atoms with Gasteiger partial charge in [-0.2, -0.15) is 0 Å². The molecule has 5 nitrogen and oxygen atoms in total. The number of carbonyl (C=O) groups excluding carboxylic acids is 1. The minimum Gasteiger partial charge on any atom is -0.339 e. The SMILES string of the molecule is CCc1nccn1C1CCCN(C(=O)[C@@H](C)N)C1. The van der Waals surface area contributed by atoms with Gasteiger partial charge in [0.15, 0.2) is 0 Å². The van der Waals surface area contributed by atoms with E-state index >= 15 is 0 Å². The zero-order chi connectivity index (χ0) is 13.1. The summed E-state index contributed by atoms with van der Waals surface area (Å²) in [5.41, 5.74) is 5.68. The van der Waals surface area contributed by atoms with Gasteiger partial charge in [0.05, 0.1) is 12.1 Å². The van der Waals surface area contributed by atoms with Crippen molar-refractivity contribution in [2.24, 2.45) is 5.73 Å². The molecule has 2 heterocycles. The van der Waals surface area contributed by atoms with Gasteiger partial charge >= 0.3 is 0 Å². The summed E-state index contributed by atoms with van der Waals surface area (Å²) in [5, 5.41) is 0. The van der Waals surface area contributed by atoms with Crippen molar-refractivity contribution in [1.29, 1.82) is 0 Å². The molecule has 1 aromatic rings. The van der Waals surface area contributed by atoms with E-state index < -0.39 is 6.04 Å². The number of imidazole rings is 1. The Balaban J connectivity index is 2.09. The van der Waals surface area contributed by atoms with Crippen molar-refractivity contribution < 1.29 is 4.79 Å². The van der Waals surface area contributed by atoms with Gasteiger partial charge < -0.3 is 15.2 Å². The molecule has 1 aliphatic rings. The van der Waals surface area contributed by atoms with Gasteiger partial charge in [0.2, 0.25) is 5.91 Å². The molecule has 1 fully saturated rings. The van der Waals surface area contributed by atoms with Gasteiger partial charge in [-0.05, 0) is 19.8 Å². The van der Waals surface area contributed by atoms with Crippen molar-refractivity contribution >= 4 is 5.91 Å². The van der Waals surface area contributed by atoms with Crippen LogP contribution in [0.2, 0.25) is 0 Å². The molecule has 1 aliphatic heterocycles. The molecule has 18 heavy (non-hydrogen) atoms. The van der Waals surface area contributed by atoms with Crippen LogP contribution in [0.15, 0.2) is 12.4 Å². The number of likely N-dealkylation sites (tertiary alicyclic amines) is 1. The number of aromatic nitrogens is 2. The number of aryl methyl sites for hydroxylation is 1. The first-order valence-electron chi connectivity index (χ1n) is 6.69. The van der Waals surface area contributed by atoms with E-state index in [9.17, 15) is 4.79 Å². The second kappa shape index (κ2) is 5.52. The van der Waals surface area contributed by atoms with Gasteiger partial charge in [-0.25, -0.2) is 4.98 Å². The Morgan fingerprint density at radius 2 is 2.44 bits per heavy atom. The van der Waals surface area contributed by atoms with Gasteiger partial charge in [0.1, 0.15) is 5.82 Å². The highest BCUT2D eigenvalue weighted by Gasteiger charge is 2.26. The molecule has 100 valence electrons. The van der Waals surface area contributed by atoms with Crippen LogP contribution in [-0.4, -0.2) is 39.5 Å². The molecule has 1 amide bonds. The van der Waals surface area contributed by atoms with Gasteiger partial charge in [-0.3, -0.25) is 4.79 Å². The van der Waals surface area contributed by atoms with Crippen LogP contribution in [0.4, 0.5) is 0 Å². The third-order valence-corrected chi connectivity index (χ3v) is 3.56.